The SMILES string of the molecule is CCCCCC/C=C\C/C=C\CCCCCCCC(=O)OCCCCCCCCCCCC(=O)NC(CO)C(O)/C=C/CCCCCCCCCCCCCCCCCCCCCCCC. The second-order valence-electron chi connectivity index (χ2n) is 20.0. The minimum Gasteiger partial charge on any atom is -0.466 e. The van der Waals surface area contributed by atoms with Crippen LogP contribution in [0.1, 0.15) is 309 Å². The maximum absolute atomic E-state index is 12.5. The molecule has 0 aromatic carbocycles. The lowest BCUT2D eigenvalue weighted by Gasteiger charge is -2.20. The van der Waals surface area contributed by atoms with Gasteiger partial charge in [0.1, 0.15) is 0 Å². The van der Waals surface area contributed by atoms with E-state index in [1.54, 1.807) is 6.08 Å². The lowest BCUT2D eigenvalue weighted by Crippen LogP contribution is -2.45. The number of nitrogens with one attached hydrogen (secondary N) is 1. The van der Waals surface area contributed by atoms with Crippen LogP contribution in [0.4, 0.5) is 0 Å². The monoisotopic (exact) mass is 928 g/mol. The third-order valence-electron chi connectivity index (χ3n) is 13.4. The van der Waals surface area contributed by atoms with Gasteiger partial charge in [-0.2, -0.15) is 0 Å². The van der Waals surface area contributed by atoms with Crippen molar-refractivity contribution in [3.8, 4) is 0 Å². The normalized spacial score (nSPS) is 12.8. The third-order valence-corrected chi connectivity index (χ3v) is 13.4. The van der Waals surface area contributed by atoms with Gasteiger partial charge in [-0.15, -0.1) is 0 Å². The van der Waals surface area contributed by atoms with Gasteiger partial charge >= 0.3 is 5.97 Å². The fraction of sp³-hybridized carbons (Fsp3) is 0.867. The van der Waals surface area contributed by atoms with Crippen LogP contribution in [0.15, 0.2) is 36.5 Å². The highest BCUT2D eigenvalue weighted by atomic mass is 16.5. The molecule has 2 unspecified atom stereocenters. The molecule has 0 aliphatic heterocycles. The molecule has 66 heavy (non-hydrogen) atoms. The first-order valence-electron chi connectivity index (χ1n) is 29.3. The average Bonchev–Trinajstić information content (AvgIpc) is 3.32. The molecule has 0 saturated heterocycles. The van der Waals surface area contributed by atoms with Crippen LogP contribution in [0, 0.1) is 0 Å². The van der Waals surface area contributed by atoms with Gasteiger partial charge in [0, 0.05) is 12.8 Å². The Morgan fingerprint density at radius 3 is 1.17 bits per heavy atom. The molecule has 0 saturated carbocycles. The summed E-state index contributed by atoms with van der Waals surface area (Å²) >= 11 is 0. The minimum absolute atomic E-state index is 0.0402. The third kappa shape index (κ3) is 51.5. The highest BCUT2D eigenvalue weighted by Crippen LogP contribution is 2.17. The van der Waals surface area contributed by atoms with Crippen LogP contribution in [0.2, 0.25) is 0 Å². The van der Waals surface area contributed by atoms with E-state index in [4.69, 9.17) is 4.74 Å². The van der Waals surface area contributed by atoms with Crippen molar-refractivity contribution in [2.75, 3.05) is 13.2 Å². The van der Waals surface area contributed by atoms with Crippen molar-refractivity contribution in [1.29, 1.82) is 0 Å². The van der Waals surface area contributed by atoms with Crippen LogP contribution < -0.4 is 5.32 Å². The average molecular weight is 929 g/mol. The molecule has 1 amide bonds. The van der Waals surface area contributed by atoms with E-state index in [0.717, 1.165) is 70.6 Å². The van der Waals surface area contributed by atoms with Crippen LogP contribution in [0.25, 0.3) is 0 Å². The van der Waals surface area contributed by atoms with E-state index in [-0.39, 0.29) is 18.5 Å². The topological polar surface area (TPSA) is 95.9 Å². The lowest BCUT2D eigenvalue weighted by atomic mass is 10.0. The van der Waals surface area contributed by atoms with Gasteiger partial charge in [0.25, 0.3) is 0 Å². The summed E-state index contributed by atoms with van der Waals surface area (Å²) < 4.78 is 5.45. The molecule has 0 spiro atoms. The fourth-order valence-electron chi connectivity index (χ4n) is 8.90. The summed E-state index contributed by atoms with van der Waals surface area (Å²) in [5.41, 5.74) is 0. The van der Waals surface area contributed by atoms with E-state index in [1.807, 2.05) is 6.08 Å². The van der Waals surface area contributed by atoms with E-state index >= 15 is 0 Å². The number of ether oxygens (including phenoxy) is 1. The van der Waals surface area contributed by atoms with E-state index in [1.165, 1.54) is 212 Å². The number of rotatable bonds is 54. The molecule has 0 bridgehead atoms. The highest BCUT2D eigenvalue weighted by Gasteiger charge is 2.18. The fourth-order valence-corrected chi connectivity index (χ4v) is 8.90. The Kier molecular flexibility index (Phi) is 54.1. The van der Waals surface area contributed by atoms with Crippen LogP contribution in [0.5, 0.6) is 0 Å². The zero-order valence-electron chi connectivity index (χ0n) is 44.2. The summed E-state index contributed by atoms with van der Waals surface area (Å²) in [6, 6.07) is -0.651. The molecule has 2 atom stereocenters. The molecule has 0 aliphatic rings. The Balaban J connectivity index is 3.52. The predicted molar refractivity (Wildman–Crippen MR) is 287 cm³/mol. The number of esters is 1. The number of carbonyl (C=O) groups is 2. The Labute approximate surface area is 411 Å². The van der Waals surface area contributed by atoms with E-state index < -0.39 is 12.1 Å². The van der Waals surface area contributed by atoms with Gasteiger partial charge in [-0.1, -0.05) is 269 Å². The highest BCUT2D eigenvalue weighted by molar-refractivity contribution is 5.76. The van der Waals surface area contributed by atoms with E-state index in [0.29, 0.717) is 19.4 Å². The van der Waals surface area contributed by atoms with Gasteiger partial charge < -0.3 is 20.3 Å². The molecule has 3 N–H and O–H groups in total. The summed E-state index contributed by atoms with van der Waals surface area (Å²) in [5.74, 6) is -0.135. The quantitative estimate of drug-likeness (QED) is 0.0321. The molecule has 0 aliphatic carbocycles. The molecule has 0 heterocycles. The van der Waals surface area contributed by atoms with Gasteiger partial charge in [0.05, 0.1) is 25.4 Å². The van der Waals surface area contributed by atoms with Crippen molar-refractivity contribution in [3.63, 3.8) is 0 Å². The summed E-state index contributed by atoms with van der Waals surface area (Å²) in [7, 11) is 0. The Bertz CT molecular complexity index is 1070. The van der Waals surface area contributed by atoms with E-state index in [2.05, 4.69) is 43.5 Å². The van der Waals surface area contributed by atoms with Crippen molar-refractivity contribution in [2.45, 2.75) is 321 Å². The second-order valence-corrected chi connectivity index (χ2v) is 20.0. The number of hydrogen-bond donors (Lipinski definition) is 3. The van der Waals surface area contributed by atoms with Crippen molar-refractivity contribution in [3.05, 3.63) is 36.5 Å². The molecule has 6 heteroatoms. The van der Waals surface area contributed by atoms with Crippen LogP contribution in [0.3, 0.4) is 0 Å². The summed E-state index contributed by atoms with van der Waals surface area (Å²) in [6.07, 6.45) is 68.8. The first-order valence-corrected chi connectivity index (χ1v) is 29.3. The smallest absolute Gasteiger partial charge is 0.305 e. The molecule has 0 aromatic rings. The van der Waals surface area contributed by atoms with Crippen molar-refractivity contribution in [1.82, 2.24) is 5.32 Å². The Morgan fingerprint density at radius 2 is 0.758 bits per heavy atom. The van der Waals surface area contributed by atoms with Gasteiger partial charge in [-0.05, 0) is 64.2 Å². The van der Waals surface area contributed by atoms with E-state index in [9.17, 15) is 19.8 Å². The maximum atomic E-state index is 12.5. The number of aliphatic hydroxyl groups excluding tert-OH is 2. The molecule has 0 aromatic heterocycles. The summed E-state index contributed by atoms with van der Waals surface area (Å²) in [5, 5.41) is 23.2. The van der Waals surface area contributed by atoms with Gasteiger partial charge in [0.2, 0.25) is 5.91 Å². The number of unbranched alkanes of at least 4 members (excludes halogenated alkanes) is 39. The first-order chi connectivity index (χ1) is 32.5. The van der Waals surface area contributed by atoms with Crippen LogP contribution >= 0.6 is 0 Å². The van der Waals surface area contributed by atoms with Gasteiger partial charge in [0.15, 0.2) is 0 Å². The molecule has 388 valence electrons. The second kappa shape index (κ2) is 55.7. The minimum atomic E-state index is -0.865. The van der Waals surface area contributed by atoms with Crippen molar-refractivity contribution in [2.24, 2.45) is 0 Å². The number of allylic oxidation sites excluding steroid dienone is 5. The predicted octanol–water partition coefficient (Wildman–Crippen LogP) is 18.0. The summed E-state index contributed by atoms with van der Waals surface area (Å²) in [4.78, 5) is 24.5. The number of amides is 1. The number of aliphatic hydroxyl groups is 2. The number of carbonyl (C=O) groups excluding carboxylic acids is 2. The maximum Gasteiger partial charge on any atom is 0.305 e. The zero-order chi connectivity index (χ0) is 47.9. The Hall–Kier alpha value is -1.92. The van der Waals surface area contributed by atoms with Crippen LogP contribution in [-0.4, -0.2) is 47.4 Å². The van der Waals surface area contributed by atoms with Gasteiger partial charge in [-0.3, -0.25) is 9.59 Å². The largest absolute Gasteiger partial charge is 0.466 e. The molecular formula is C60H113NO5. The standard InChI is InChI=1S/C60H113NO5/c1-3-5-7-9-11-13-15-17-19-21-22-23-24-25-26-27-28-29-31-33-36-40-44-48-52-58(63)57(56-62)61-59(64)53-49-45-41-37-35-39-43-47-51-55-66-60(65)54-50-46-42-38-34-32-30-20-18-16-14-12-10-8-6-4-2/h14,16,20,30,48,52,57-58,62-63H,3-13,15,17-19,21-29,31-47,49-51,53-56H2,1-2H3,(H,61,64)/b16-14-,30-20-,52-48+. The molecule has 0 rings (SSSR count). The number of hydrogen-bond acceptors (Lipinski definition) is 5. The molecule has 6 nitrogen and oxygen atoms in total. The van der Waals surface area contributed by atoms with Gasteiger partial charge in [-0.25, -0.2) is 0 Å². The summed E-state index contributed by atoms with van der Waals surface area (Å²) in [6.45, 7) is 4.83. The zero-order valence-corrected chi connectivity index (χ0v) is 44.2. The van der Waals surface area contributed by atoms with Crippen molar-refractivity contribution < 1.29 is 24.5 Å². The first kappa shape index (κ1) is 64.1. The van der Waals surface area contributed by atoms with Crippen molar-refractivity contribution >= 4 is 11.9 Å². The lowest BCUT2D eigenvalue weighted by molar-refractivity contribution is -0.143. The molecule has 0 fully saturated rings. The Morgan fingerprint density at radius 1 is 0.424 bits per heavy atom. The molecule has 0 radical (unpaired) electrons. The van der Waals surface area contributed by atoms with Crippen LogP contribution in [-0.2, 0) is 14.3 Å². The molecular weight excluding hydrogens is 815 g/mol.